The highest BCUT2D eigenvalue weighted by atomic mass is 32.3. The summed E-state index contributed by atoms with van der Waals surface area (Å²) in [6, 6.07) is 13.8. The van der Waals surface area contributed by atoms with Crippen LogP contribution < -0.4 is 4.74 Å². The summed E-state index contributed by atoms with van der Waals surface area (Å²) >= 11 is 0. The van der Waals surface area contributed by atoms with Crippen molar-refractivity contribution >= 4 is 27.8 Å². The van der Waals surface area contributed by atoms with Crippen molar-refractivity contribution in [1.29, 1.82) is 0 Å². The molecule has 4 aromatic rings. The van der Waals surface area contributed by atoms with Crippen molar-refractivity contribution in [2.75, 3.05) is 13.2 Å². The number of hydrogen-bond acceptors (Lipinski definition) is 8. The zero-order valence-electron chi connectivity index (χ0n) is 24.8. The first-order chi connectivity index (χ1) is 20.8. The van der Waals surface area contributed by atoms with Gasteiger partial charge in [0.05, 0.1) is 30.7 Å². The molecular weight excluding hydrogens is 597 g/mol. The Hall–Kier alpha value is -3.65. The van der Waals surface area contributed by atoms with E-state index in [1.165, 1.54) is 22.5 Å². The van der Waals surface area contributed by atoms with E-state index in [0.717, 1.165) is 17.1 Å². The molecule has 0 fully saturated rings. The van der Waals surface area contributed by atoms with E-state index < -0.39 is 47.1 Å². The maximum absolute atomic E-state index is 14.4. The summed E-state index contributed by atoms with van der Waals surface area (Å²) in [7, 11) is -3.71. The zero-order valence-corrected chi connectivity index (χ0v) is 25.7. The van der Waals surface area contributed by atoms with Crippen LogP contribution in [0.5, 0.6) is 5.75 Å². The molecule has 0 radical (unpaired) electrons. The fourth-order valence-corrected chi connectivity index (χ4v) is 7.39. The molecule has 1 aliphatic heterocycles. The highest BCUT2D eigenvalue weighted by molar-refractivity contribution is 8.22. The minimum absolute atomic E-state index is 0.0341. The lowest BCUT2D eigenvalue weighted by Crippen LogP contribution is -2.34. The Morgan fingerprint density at radius 3 is 2.61 bits per heavy atom. The lowest BCUT2D eigenvalue weighted by Gasteiger charge is -2.42. The molecule has 5 rings (SSSR count). The van der Waals surface area contributed by atoms with Crippen LogP contribution in [0, 0.1) is 6.92 Å². The van der Waals surface area contributed by atoms with Gasteiger partial charge in [0.1, 0.15) is 22.3 Å². The molecule has 2 unspecified atom stereocenters. The Morgan fingerprint density at radius 2 is 1.91 bits per heavy atom. The van der Waals surface area contributed by atoms with E-state index in [9.17, 15) is 27.1 Å². The molecule has 0 aliphatic carbocycles. The highest BCUT2D eigenvalue weighted by Gasteiger charge is 2.38. The second kappa shape index (κ2) is 12.4. The quantitative estimate of drug-likeness (QED) is 0.197. The largest absolute Gasteiger partial charge is 0.487 e. The minimum Gasteiger partial charge on any atom is -0.487 e. The van der Waals surface area contributed by atoms with Crippen LogP contribution in [0.4, 0.5) is 13.2 Å². The molecule has 13 heteroatoms. The number of halogens is 3. The molecule has 0 bridgehead atoms. The van der Waals surface area contributed by atoms with Gasteiger partial charge in [-0.3, -0.25) is 13.9 Å². The van der Waals surface area contributed by atoms with E-state index in [0.29, 0.717) is 23.2 Å². The summed E-state index contributed by atoms with van der Waals surface area (Å²) in [5, 5.41) is 8.50. The lowest BCUT2D eigenvalue weighted by atomic mass is 9.84. The smallest absolute Gasteiger partial charge is 0.416 e. The number of carbonyl (C=O) groups excluding carboxylic acids is 1. The van der Waals surface area contributed by atoms with Crippen LogP contribution in [-0.4, -0.2) is 53.6 Å². The maximum atomic E-state index is 14.4. The summed E-state index contributed by atoms with van der Waals surface area (Å²) in [5.41, 5.74) is 2.27. The van der Waals surface area contributed by atoms with Crippen molar-refractivity contribution in [1.82, 2.24) is 19.3 Å². The maximum Gasteiger partial charge on any atom is 0.416 e. The SMILES string of the molecule is CCOC(=O)CC(c1ccc(C(F)(F)F)c(CN2CC(C)Oc3ccccc3S2(O)O)c1)c1ccc2c(nnn2CC)c1C. The normalized spacial score (nSPS) is 18.2. The molecule has 9 nitrogen and oxygen atoms in total. The standard InChI is InChI=1S/C31H35F3N4O5S/c1-5-38-26-14-12-23(20(4)30(26)35-36-38)24(16-29(39)42-6-2)21-11-13-25(31(32,33)34)22(15-21)18-37-17-19(3)43-27-9-7-8-10-28(27)44(37,40)41/h7-15,19,24,40-41H,5-6,16-18H2,1-4H3. The molecule has 2 atom stereocenters. The van der Waals surface area contributed by atoms with Crippen LogP contribution in [0.15, 0.2) is 59.5 Å². The van der Waals surface area contributed by atoms with E-state index in [1.807, 2.05) is 26.0 Å². The molecular formula is C31H35F3N4O5S. The number of aryl methyl sites for hydroxylation is 2. The van der Waals surface area contributed by atoms with Crippen molar-refractivity contribution in [3.8, 4) is 5.75 Å². The van der Waals surface area contributed by atoms with Crippen molar-refractivity contribution in [2.45, 2.75) is 70.3 Å². The van der Waals surface area contributed by atoms with Crippen LogP contribution >= 0.6 is 10.8 Å². The fraction of sp³-hybridized carbons (Fsp3) is 0.387. The van der Waals surface area contributed by atoms with Crippen molar-refractivity contribution in [3.05, 3.63) is 82.4 Å². The van der Waals surface area contributed by atoms with Gasteiger partial charge in [0.2, 0.25) is 0 Å². The van der Waals surface area contributed by atoms with Gasteiger partial charge in [-0.1, -0.05) is 35.5 Å². The van der Waals surface area contributed by atoms with Gasteiger partial charge >= 0.3 is 12.1 Å². The van der Waals surface area contributed by atoms with Crippen LogP contribution in [0.2, 0.25) is 0 Å². The van der Waals surface area contributed by atoms with E-state index >= 15 is 0 Å². The van der Waals surface area contributed by atoms with Gasteiger partial charge in [0.25, 0.3) is 0 Å². The fourth-order valence-electron chi connectivity index (χ4n) is 5.73. The van der Waals surface area contributed by atoms with E-state index in [-0.39, 0.29) is 35.8 Å². The Kier molecular flexibility index (Phi) is 8.94. The zero-order chi connectivity index (χ0) is 31.8. The number of alkyl halides is 3. The van der Waals surface area contributed by atoms with Gasteiger partial charge < -0.3 is 9.47 Å². The summed E-state index contributed by atoms with van der Waals surface area (Å²) in [6.45, 7) is 7.49. The van der Waals surface area contributed by atoms with Crippen LogP contribution in [0.25, 0.3) is 11.0 Å². The lowest BCUT2D eigenvalue weighted by molar-refractivity contribution is -0.143. The topological polar surface area (TPSA) is 110 Å². The highest BCUT2D eigenvalue weighted by Crippen LogP contribution is 2.57. The molecule has 236 valence electrons. The number of ether oxygens (including phenoxy) is 2. The second-order valence-corrected chi connectivity index (χ2v) is 12.7. The molecule has 1 aromatic heterocycles. The molecule has 0 saturated heterocycles. The average molecular weight is 633 g/mol. The molecule has 44 heavy (non-hydrogen) atoms. The van der Waals surface area contributed by atoms with Crippen molar-refractivity contribution in [3.63, 3.8) is 0 Å². The van der Waals surface area contributed by atoms with Gasteiger partial charge in [-0.2, -0.15) is 17.5 Å². The molecule has 2 heterocycles. The Morgan fingerprint density at radius 1 is 1.16 bits per heavy atom. The summed E-state index contributed by atoms with van der Waals surface area (Å²) in [6.07, 6.45) is -5.37. The number of nitrogens with zero attached hydrogens (tertiary/aromatic N) is 4. The van der Waals surface area contributed by atoms with Crippen LogP contribution in [-0.2, 0) is 28.8 Å². The minimum atomic E-state index is -4.72. The monoisotopic (exact) mass is 632 g/mol. The van der Waals surface area contributed by atoms with Gasteiger partial charge in [-0.15, -0.1) is 15.9 Å². The summed E-state index contributed by atoms with van der Waals surface area (Å²) in [5.74, 6) is -0.897. The Labute approximate surface area is 255 Å². The van der Waals surface area contributed by atoms with E-state index in [4.69, 9.17) is 9.47 Å². The number of aromatic nitrogens is 3. The molecule has 3 aromatic carbocycles. The Bertz CT molecular complexity index is 1680. The third kappa shape index (κ3) is 6.14. The number of esters is 1. The van der Waals surface area contributed by atoms with Crippen LogP contribution in [0.3, 0.4) is 0 Å². The van der Waals surface area contributed by atoms with Gasteiger partial charge in [0.15, 0.2) is 0 Å². The van der Waals surface area contributed by atoms with Crippen molar-refractivity contribution in [2.24, 2.45) is 0 Å². The molecule has 0 saturated carbocycles. The first-order valence-electron chi connectivity index (χ1n) is 14.3. The number of benzene rings is 3. The summed E-state index contributed by atoms with van der Waals surface area (Å²) < 4.78 is 80.0. The van der Waals surface area contributed by atoms with Gasteiger partial charge in [-0.05, 0) is 74.2 Å². The average Bonchev–Trinajstić information content (AvgIpc) is 3.36. The van der Waals surface area contributed by atoms with E-state index in [2.05, 4.69) is 10.3 Å². The predicted octanol–water partition coefficient (Wildman–Crippen LogP) is 7.17. The molecule has 0 spiro atoms. The molecule has 1 aliphatic rings. The molecule has 0 amide bonds. The number of fused-ring (bicyclic) bond motifs is 2. The predicted molar refractivity (Wildman–Crippen MR) is 161 cm³/mol. The first-order valence-corrected chi connectivity index (χ1v) is 15.8. The molecule has 2 N–H and O–H groups in total. The van der Waals surface area contributed by atoms with E-state index in [1.54, 1.807) is 36.7 Å². The summed E-state index contributed by atoms with van der Waals surface area (Å²) in [4.78, 5) is 12.9. The first kappa shape index (κ1) is 31.8. The number of para-hydroxylation sites is 1. The van der Waals surface area contributed by atoms with Gasteiger partial charge in [0, 0.05) is 19.0 Å². The number of hydrogen-bond donors (Lipinski definition) is 2. The van der Waals surface area contributed by atoms with Gasteiger partial charge in [-0.25, -0.2) is 4.68 Å². The third-order valence-electron chi connectivity index (χ3n) is 7.81. The second-order valence-electron chi connectivity index (χ2n) is 10.7. The third-order valence-corrected chi connectivity index (χ3v) is 9.74. The number of carbonyl (C=O) groups is 1. The van der Waals surface area contributed by atoms with Crippen LogP contribution in [0.1, 0.15) is 60.9 Å². The van der Waals surface area contributed by atoms with Crippen molar-refractivity contribution < 1.29 is 36.5 Å². The number of rotatable bonds is 8. The Balaban J connectivity index is 1.62.